The molecule has 96 valence electrons. The van der Waals surface area contributed by atoms with E-state index in [9.17, 15) is 9.59 Å². The fourth-order valence-electron chi connectivity index (χ4n) is 2.31. The van der Waals surface area contributed by atoms with Crippen LogP contribution in [0.1, 0.15) is 35.7 Å². The van der Waals surface area contributed by atoms with E-state index in [-0.39, 0.29) is 17.4 Å². The molecule has 0 aliphatic carbocycles. The predicted molar refractivity (Wildman–Crippen MR) is 67.2 cm³/mol. The standard InChI is InChI=1S/C14H17NO3/c1-10-4-3-7-15(13(10)16)9-11-5-2-6-12(8-11)14(17)18/h2,5-6,8,10H,3-4,7,9H2,1H3,(H,17,18). The van der Waals surface area contributed by atoms with Crippen LogP contribution in [0, 0.1) is 5.92 Å². The Labute approximate surface area is 106 Å². The molecule has 0 bridgehead atoms. The fourth-order valence-corrected chi connectivity index (χ4v) is 2.31. The smallest absolute Gasteiger partial charge is 0.335 e. The van der Waals surface area contributed by atoms with Gasteiger partial charge < -0.3 is 10.0 Å². The van der Waals surface area contributed by atoms with Crippen molar-refractivity contribution in [1.82, 2.24) is 4.90 Å². The zero-order valence-electron chi connectivity index (χ0n) is 10.4. The topological polar surface area (TPSA) is 57.6 Å². The van der Waals surface area contributed by atoms with Crippen molar-refractivity contribution in [1.29, 1.82) is 0 Å². The van der Waals surface area contributed by atoms with Gasteiger partial charge >= 0.3 is 5.97 Å². The molecular formula is C14H17NO3. The first-order chi connectivity index (χ1) is 8.58. The van der Waals surface area contributed by atoms with Crippen molar-refractivity contribution in [3.8, 4) is 0 Å². The van der Waals surface area contributed by atoms with E-state index in [4.69, 9.17) is 5.11 Å². The lowest BCUT2D eigenvalue weighted by atomic mass is 9.98. The Bertz CT molecular complexity index is 470. The van der Waals surface area contributed by atoms with Crippen molar-refractivity contribution in [2.24, 2.45) is 5.92 Å². The maximum absolute atomic E-state index is 12.0. The molecule has 0 spiro atoms. The van der Waals surface area contributed by atoms with E-state index in [1.807, 2.05) is 17.9 Å². The number of carbonyl (C=O) groups excluding carboxylic acids is 1. The Morgan fingerprint density at radius 2 is 2.28 bits per heavy atom. The van der Waals surface area contributed by atoms with Crippen LogP contribution in [0.2, 0.25) is 0 Å². The van der Waals surface area contributed by atoms with Gasteiger partial charge in [0.25, 0.3) is 0 Å². The van der Waals surface area contributed by atoms with Crippen LogP contribution < -0.4 is 0 Å². The molecule has 1 saturated heterocycles. The van der Waals surface area contributed by atoms with Crippen molar-refractivity contribution in [2.75, 3.05) is 6.54 Å². The van der Waals surface area contributed by atoms with E-state index in [1.165, 1.54) is 0 Å². The van der Waals surface area contributed by atoms with Gasteiger partial charge in [-0.25, -0.2) is 4.79 Å². The highest BCUT2D eigenvalue weighted by molar-refractivity contribution is 5.87. The molecule has 1 aliphatic heterocycles. The van der Waals surface area contributed by atoms with E-state index >= 15 is 0 Å². The van der Waals surface area contributed by atoms with Crippen molar-refractivity contribution in [3.63, 3.8) is 0 Å². The Morgan fingerprint density at radius 1 is 1.50 bits per heavy atom. The van der Waals surface area contributed by atoms with Crippen molar-refractivity contribution in [2.45, 2.75) is 26.3 Å². The Kier molecular flexibility index (Phi) is 3.65. The van der Waals surface area contributed by atoms with Crippen molar-refractivity contribution < 1.29 is 14.7 Å². The lowest BCUT2D eigenvalue weighted by Crippen LogP contribution is -2.39. The van der Waals surface area contributed by atoms with Crippen molar-refractivity contribution in [3.05, 3.63) is 35.4 Å². The van der Waals surface area contributed by atoms with Gasteiger partial charge in [0.05, 0.1) is 5.56 Å². The summed E-state index contributed by atoms with van der Waals surface area (Å²) in [6, 6.07) is 6.77. The van der Waals surface area contributed by atoms with Crippen molar-refractivity contribution >= 4 is 11.9 Å². The monoisotopic (exact) mass is 247 g/mol. The molecule has 1 N–H and O–H groups in total. The number of hydrogen-bond donors (Lipinski definition) is 1. The Hall–Kier alpha value is -1.84. The van der Waals surface area contributed by atoms with Gasteiger partial charge in [-0.05, 0) is 30.5 Å². The lowest BCUT2D eigenvalue weighted by molar-refractivity contribution is -0.138. The Morgan fingerprint density at radius 3 is 3.00 bits per heavy atom. The average molecular weight is 247 g/mol. The molecule has 18 heavy (non-hydrogen) atoms. The summed E-state index contributed by atoms with van der Waals surface area (Å²) in [4.78, 5) is 24.7. The van der Waals surface area contributed by atoms with Gasteiger partial charge in [0.1, 0.15) is 0 Å². The minimum absolute atomic E-state index is 0.0846. The summed E-state index contributed by atoms with van der Waals surface area (Å²) in [7, 11) is 0. The summed E-state index contributed by atoms with van der Waals surface area (Å²) in [5.74, 6) is -0.682. The normalized spacial score (nSPS) is 19.9. The lowest BCUT2D eigenvalue weighted by Gasteiger charge is -2.30. The molecule has 1 amide bonds. The second-order valence-electron chi connectivity index (χ2n) is 4.81. The van der Waals surface area contributed by atoms with E-state index in [0.29, 0.717) is 6.54 Å². The highest BCUT2D eigenvalue weighted by atomic mass is 16.4. The number of hydrogen-bond acceptors (Lipinski definition) is 2. The molecule has 4 heteroatoms. The first kappa shape index (κ1) is 12.6. The molecular weight excluding hydrogens is 230 g/mol. The molecule has 1 atom stereocenters. The average Bonchev–Trinajstić information content (AvgIpc) is 2.35. The van der Waals surface area contributed by atoms with Crippen LogP contribution >= 0.6 is 0 Å². The van der Waals surface area contributed by atoms with Gasteiger partial charge in [0.15, 0.2) is 0 Å². The van der Waals surface area contributed by atoms with E-state index in [2.05, 4.69) is 0 Å². The van der Waals surface area contributed by atoms with Crippen LogP contribution in [0.5, 0.6) is 0 Å². The van der Waals surface area contributed by atoms with E-state index in [0.717, 1.165) is 24.9 Å². The number of carboxylic acids is 1. The molecule has 1 heterocycles. The molecule has 2 rings (SSSR count). The number of carboxylic acid groups (broad SMARTS) is 1. The number of aromatic carboxylic acids is 1. The quantitative estimate of drug-likeness (QED) is 0.890. The molecule has 1 aromatic carbocycles. The van der Waals surface area contributed by atoms with Gasteiger partial charge in [-0.15, -0.1) is 0 Å². The highest BCUT2D eigenvalue weighted by Gasteiger charge is 2.24. The first-order valence-electron chi connectivity index (χ1n) is 6.19. The maximum Gasteiger partial charge on any atom is 0.335 e. The van der Waals surface area contributed by atoms with Crippen LogP contribution in [0.15, 0.2) is 24.3 Å². The van der Waals surface area contributed by atoms with Gasteiger partial charge in [-0.2, -0.15) is 0 Å². The summed E-state index contributed by atoms with van der Waals surface area (Å²) in [5, 5.41) is 8.93. The fraction of sp³-hybridized carbons (Fsp3) is 0.429. The zero-order valence-corrected chi connectivity index (χ0v) is 10.4. The number of likely N-dealkylation sites (tertiary alicyclic amines) is 1. The first-order valence-corrected chi connectivity index (χ1v) is 6.19. The summed E-state index contributed by atoms with van der Waals surface area (Å²) in [6.07, 6.45) is 1.97. The Balaban J connectivity index is 2.11. The summed E-state index contributed by atoms with van der Waals surface area (Å²) in [6.45, 7) is 3.22. The zero-order chi connectivity index (χ0) is 13.1. The highest BCUT2D eigenvalue weighted by Crippen LogP contribution is 2.19. The van der Waals surface area contributed by atoms with Crippen LogP contribution in [0.25, 0.3) is 0 Å². The number of carbonyl (C=O) groups is 2. The second-order valence-corrected chi connectivity index (χ2v) is 4.81. The summed E-state index contributed by atoms with van der Waals surface area (Å²) >= 11 is 0. The van der Waals surface area contributed by atoms with Crippen LogP contribution in [0.4, 0.5) is 0 Å². The van der Waals surface area contributed by atoms with Gasteiger partial charge in [0.2, 0.25) is 5.91 Å². The molecule has 1 aromatic rings. The summed E-state index contributed by atoms with van der Waals surface area (Å²) < 4.78 is 0. The minimum atomic E-state index is -0.935. The SMILES string of the molecule is CC1CCCN(Cc2cccc(C(=O)O)c2)C1=O. The van der Waals surface area contributed by atoms with Gasteiger partial charge in [-0.1, -0.05) is 19.1 Å². The van der Waals surface area contributed by atoms with Crippen LogP contribution in [-0.4, -0.2) is 28.4 Å². The van der Waals surface area contributed by atoms with Gasteiger partial charge in [-0.3, -0.25) is 4.79 Å². The molecule has 1 aliphatic rings. The number of piperidine rings is 1. The van der Waals surface area contributed by atoms with Crippen LogP contribution in [-0.2, 0) is 11.3 Å². The number of nitrogens with zero attached hydrogens (tertiary/aromatic N) is 1. The molecule has 1 fully saturated rings. The maximum atomic E-state index is 12.0. The molecule has 0 radical (unpaired) electrons. The molecule has 1 unspecified atom stereocenters. The second kappa shape index (κ2) is 5.21. The third-order valence-electron chi connectivity index (χ3n) is 3.35. The minimum Gasteiger partial charge on any atom is -0.478 e. The van der Waals surface area contributed by atoms with Gasteiger partial charge in [0, 0.05) is 19.0 Å². The third-order valence-corrected chi connectivity index (χ3v) is 3.35. The number of amides is 1. The molecule has 4 nitrogen and oxygen atoms in total. The van der Waals surface area contributed by atoms with Crippen LogP contribution in [0.3, 0.4) is 0 Å². The number of rotatable bonds is 3. The molecule has 0 saturated carbocycles. The van der Waals surface area contributed by atoms with E-state index in [1.54, 1.807) is 18.2 Å². The number of benzene rings is 1. The molecule has 0 aromatic heterocycles. The summed E-state index contributed by atoms with van der Waals surface area (Å²) in [5.41, 5.74) is 1.14. The van der Waals surface area contributed by atoms with E-state index < -0.39 is 5.97 Å². The largest absolute Gasteiger partial charge is 0.478 e. The third kappa shape index (κ3) is 2.70. The predicted octanol–water partition coefficient (Wildman–Crippen LogP) is 2.14.